The van der Waals surface area contributed by atoms with Gasteiger partial charge in [0.2, 0.25) is 0 Å². The van der Waals surface area contributed by atoms with Crippen LogP contribution in [-0.4, -0.2) is 10.8 Å². The molecular weight excluding hydrogens is 362 g/mol. The van der Waals surface area contributed by atoms with Crippen LogP contribution in [0.1, 0.15) is 58.1 Å². The number of hydrogen-bond donors (Lipinski definition) is 1. The van der Waals surface area contributed by atoms with Crippen LogP contribution < -0.4 is 5.32 Å². The summed E-state index contributed by atoms with van der Waals surface area (Å²) < 4.78 is 0. The SMILES string of the molecule is CCC[C@@H]1CCc2c(sc(NC(=O)c3cccc([N+](=O)[O-])c3C)c2C#N)C1. The molecule has 1 atom stereocenters. The van der Waals surface area contributed by atoms with E-state index in [4.69, 9.17) is 0 Å². The molecule has 0 bridgehead atoms. The molecule has 1 N–H and O–H groups in total. The van der Waals surface area contributed by atoms with E-state index in [1.807, 2.05) is 0 Å². The second-order valence-electron chi connectivity index (χ2n) is 6.88. The number of carbonyl (C=O) groups excluding carboxylic acids is 1. The molecule has 0 aliphatic heterocycles. The van der Waals surface area contributed by atoms with Crippen molar-refractivity contribution in [3.05, 3.63) is 55.4 Å². The lowest BCUT2D eigenvalue weighted by Crippen LogP contribution is -2.14. The molecule has 1 aliphatic rings. The number of fused-ring (bicyclic) bond motifs is 1. The molecule has 140 valence electrons. The third-order valence-corrected chi connectivity index (χ3v) is 6.32. The van der Waals surface area contributed by atoms with Crippen molar-refractivity contribution in [3.8, 4) is 6.07 Å². The van der Waals surface area contributed by atoms with E-state index in [2.05, 4.69) is 18.3 Å². The lowest BCUT2D eigenvalue weighted by atomic mass is 9.85. The van der Waals surface area contributed by atoms with Gasteiger partial charge in [0.25, 0.3) is 11.6 Å². The first-order valence-electron chi connectivity index (χ1n) is 9.06. The van der Waals surface area contributed by atoms with E-state index in [-0.39, 0.29) is 11.3 Å². The number of nitrogens with zero attached hydrogens (tertiary/aromatic N) is 2. The number of hydrogen-bond acceptors (Lipinski definition) is 5. The first kappa shape index (κ1) is 19.1. The largest absolute Gasteiger partial charge is 0.312 e. The molecule has 3 rings (SSSR count). The molecule has 0 saturated carbocycles. The predicted octanol–water partition coefficient (Wildman–Crippen LogP) is 4.99. The van der Waals surface area contributed by atoms with Crippen LogP contribution in [0.3, 0.4) is 0 Å². The zero-order valence-electron chi connectivity index (χ0n) is 15.4. The monoisotopic (exact) mass is 383 g/mol. The highest BCUT2D eigenvalue weighted by Gasteiger charge is 2.27. The highest BCUT2D eigenvalue weighted by Crippen LogP contribution is 2.40. The molecule has 0 saturated heterocycles. The summed E-state index contributed by atoms with van der Waals surface area (Å²) >= 11 is 1.47. The van der Waals surface area contributed by atoms with E-state index < -0.39 is 10.8 Å². The fourth-order valence-electron chi connectivity index (χ4n) is 3.75. The summed E-state index contributed by atoms with van der Waals surface area (Å²) in [5.41, 5.74) is 2.09. The van der Waals surface area contributed by atoms with Crippen LogP contribution in [0.15, 0.2) is 18.2 Å². The number of anilines is 1. The Bertz CT molecular complexity index is 943. The highest BCUT2D eigenvalue weighted by atomic mass is 32.1. The zero-order chi connectivity index (χ0) is 19.6. The van der Waals surface area contributed by atoms with Crippen molar-refractivity contribution in [1.29, 1.82) is 5.26 Å². The van der Waals surface area contributed by atoms with Gasteiger partial charge in [-0.25, -0.2) is 0 Å². The second kappa shape index (κ2) is 7.89. The van der Waals surface area contributed by atoms with Crippen molar-refractivity contribution in [1.82, 2.24) is 0 Å². The van der Waals surface area contributed by atoms with E-state index in [1.165, 1.54) is 34.8 Å². The van der Waals surface area contributed by atoms with E-state index in [1.54, 1.807) is 13.0 Å². The maximum absolute atomic E-state index is 12.7. The Morgan fingerprint density at radius 3 is 2.93 bits per heavy atom. The number of nitro groups is 1. The van der Waals surface area contributed by atoms with Gasteiger partial charge in [-0.05, 0) is 43.7 Å². The van der Waals surface area contributed by atoms with Crippen LogP contribution in [0.4, 0.5) is 10.7 Å². The van der Waals surface area contributed by atoms with Crippen LogP contribution in [0, 0.1) is 34.3 Å². The Morgan fingerprint density at radius 1 is 1.48 bits per heavy atom. The van der Waals surface area contributed by atoms with E-state index >= 15 is 0 Å². The minimum absolute atomic E-state index is 0.0870. The van der Waals surface area contributed by atoms with Crippen LogP contribution in [0.25, 0.3) is 0 Å². The smallest absolute Gasteiger partial charge is 0.273 e. The minimum Gasteiger partial charge on any atom is -0.312 e. The summed E-state index contributed by atoms with van der Waals surface area (Å²) in [6.07, 6.45) is 5.21. The molecule has 1 aromatic heterocycles. The molecule has 0 spiro atoms. The standard InChI is InChI=1S/C20H21N3O3S/c1-3-5-13-8-9-15-16(11-21)20(27-18(15)10-13)22-19(24)14-6-4-7-17(12(14)2)23(25)26/h4,6-7,13H,3,5,8-10H2,1-2H3,(H,22,24)/t13-/m1/s1. The molecule has 6 nitrogen and oxygen atoms in total. The summed E-state index contributed by atoms with van der Waals surface area (Å²) in [5, 5.41) is 24.1. The number of nitrogens with one attached hydrogen (secondary N) is 1. The molecule has 0 unspecified atom stereocenters. The van der Waals surface area contributed by atoms with Crippen LogP contribution in [-0.2, 0) is 12.8 Å². The third kappa shape index (κ3) is 3.71. The summed E-state index contributed by atoms with van der Waals surface area (Å²) in [5.74, 6) is 0.215. The van der Waals surface area contributed by atoms with Gasteiger partial charge < -0.3 is 5.32 Å². The van der Waals surface area contributed by atoms with E-state index in [0.717, 1.165) is 31.2 Å². The van der Waals surface area contributed by atoms with Gasteiger partial charge in [-0.2, -0.15) is 5.26 Å². The second-order valence-corrected chi connectivity index (χ2v) is 7.98. The Labute approximate surface area is 162 Å². The van der Waals surface area contributed by atoms with Crippen molar-refractivity contribution < 1.29 is 9.72 Å². The Balaban J connectivity index is 1.89. The van der Waals surface area contributed by atoms with Gasteiger partial charge in [-0.15, -0.1) is 11.3 Å². The quantitative estimate of drug-likeness (QED) is 0.581. The van der Waals surface area contributed by atoms with Crippen molar-refractivity contribution in [2.75, 3.05) is 5.32 Å². The first-order valence-corrected chi connectivity index (χ1v) is 9.87. The van der Waals surface area contributed by atoms with Crippen molar-refractivity contribution >= 4 is 27.9 Å². The lowest BCUT2D eigenvalue weighted by Gasteiger charge is -2.21. The highest BCUT2D eigenvalue weighted by molar-refractivity contribution is 7.16. The fourth-order valence-corrected chi connectivity index (χ4v) is 5.06. The number of carbonyl (C=O) groups is 1. The van der Waals surface area contributed by atoms with Gasteiger partial charge in [0.15, 0.2) is 0 Å². The Hall–Kier alpha value is -2.72. The molecule has 1 aromatic carbocycles. The van der Waals surface area contributed by atoms with Gasteiger partial charge in [0.1, 0.15) is 11.1 Å². The summed E-state index contributed by atoms with van der Waals surface area (Å²) in [7, 11) is 0. The molecule has 0 fully saturated rings. The zero-order valence-corrected chi connectivity index (χ0v) is 16.2. The molecule has 1 heterocycles. The Morgan fingerprint density at radius 2 is 2.26 bits per heavy atom. The summed E-state index contributed by atoms with van der Waals surface area (Å²) in [6, 6.07) is 6.68. The normalized spacial score (nSPS) is 15.7. The van der Waals surface area contributed by atoms with Crippen molar-refractivity contribution in [2.24, 2.45) is 5.92 Å². The average molecular weight is 383 g/mol. The van der Waals surface area contributed by atoms with Gasteiger partial charge in [-0.3, -0.25) is 14.9 Å². The first-order chi connectivity index (χ1) is 13.0. The molecule has 0 radical (unpaired) electrons. The number of rotatable bonds is 5. The summed E-state index contributed by atoms with van der Waals surface area (Å²) in [6.45, 7) is 3.74. The van der Waals surface area contributed by atoms with E-state index in [0.29, 0.717) is 22.0 Å². The van der Waals surface area contributed by atoms with Crippen LogP contribution >= 0.6 is 11.3 Å². The molecule has 1 amide bonds. The van der Waals surface area contributed by atoms with Gasteiger partial charge >= 0.3 is 0 Å². The minimum atomic E-state index is -0.495. The molecular formula is C20H21N3O3S. The van der Waals surface area contributed by atoms with Crippen LogP contribution in [0.2, 0.25) is 0 Å². The van der Waals surface area contributed by atoms with Crippen molar-refractivity contribution in [3.63, 3.8) is 0 Å². The molecule has 1 aliphatic carbocycles. The number of amides is 1. The Kier molecular flexibility index (Phi) is 5.57. The number of benzene rings is 1. The number of nitro benzene ring substituents is 1. The molecule has 2 aromatic rings. The van der Waals surface area contributed by atoms with Crippen LogP contribution in [0.5, 0.6) is 0 Å². The van der Waals surface area contributed by atoms with Gasteiger partial charge in [0, 0.05) is 22.1 Å². The lowest BCUT2D eigenvalue weighted by molar-refractivity contribution is -0.385. The summed E-state index contributed by atoms with van der Waals surface area (Å²) in [4.78, 5) is 24.5. The van der Waals surface area contributed by atoms with E-state index in [9.17, 15) is 20.2 Å². The maximum Gasteiger partial charge on any atom is 0.273 e. The van der Waals surface area contributed by atoms with Gasteiger partial charge in [0.05, 0.1) is 10.5 Å². The molecule has 27 heavy (non-hydrogen) atoms. The topological polar surface area (TPSA) is 96.0 Å². The number of thiophene rings is 1. The fraction of sp³-hybridized carbons (Fsp3) is 0.400. The third-order valence-electron chi connectivity index (χ3n) is 5.15. The van der Waals surface area contributed by atoms with Crippen molar-refractivity contribution in [2.45, 2.75) is 46.0 Å². The molecule has 7 heteroatoms. The van der Waals surface area contributed by atoms with Gasteiger partial charge in [-0.1, -0.05) is 25.8 Å². The number of nitriles is 1. The average Bonchev–Trinajstić information content (AvgIpc) is 2.97. The maximum atomic E-state index is 12.7. The predicted molar refractivity (Wildman–Crippen MR) is 105 cm³/mol.